The van der Waals surface area contributed by atoms with Gasteiger partial charge in [-0.2, -0.15) is 10.5 Å². The average molecular weight is 446 g/mol. The van der Waals surface area contributed by atoms with E-state index in [-0.39, 0.29) is 12.2 Å². The zero-order chi connectivity index (χ0) is 22.3. The third-order valence-corrected chi connectivity index (χ3v) is 7.07. The van der Waals surface area contributed by atoms with Gasteiger partial charge in [0.25, 0.3) is 0 Å². The molecule has 0 unspecified atom stereocenters. The highest BCUT2D eigenvalue weighted by Crippen LogP contribution is 2.48. The summed E-state index contributed by atoms with van der Waals surface area (Å²) in [6.45, 7) is 7.06. The van der Waals surface area contributed by atoms with Crippen LogP contribution >= 0.6 is 11.8 Å². The van der Waals surface area contributed by atoms with Crippen molar-refractivity contribution in [2.24, 2.45) is 0 Å². The molecule has 32 heavy (non-hydrogen) atoms. The fourth-order valence-electron chi connectivity index (χ4n) is 4.26. The number of fused-ring (bicyclic) bond motifs is 2. The van der Waals surface area contributed by atoms with Gasteiger partial charge in [0, 0.05) is 49.1 Å². The standard InChI is InChI=1S/C25H27N5OS/c26-18-21(19-27)16-20-6-7-25-23(17-20)30(22-4-1-2-5-24(22)32-25)9-3-8-28-10-12-29(13-11-28)14-15-31/h1-2,4-7,16-17,31H,3,8-15H2. The van der Waals surface area contributed by atoms with Crippen LogP contribution in [0.5, 0.6) is 0 Å². The Labute approximate surface area is 194 Å². The molecule has 0 aliphatic carbocycles. The van der Waals surface area contributed by atoms with Crippen LogP contribution in [0, 0.1) is 22.7 Å². The van der Waals surface area contributed by atoms with Gasteiger partial charge in [0.2, 0.25) is 0 Å². The number of aliphatic hydroxyl groups is 1. The van der Waals surface area contributed by atoms with Gasteiger partial charge in [0.15, 0.2) is 0 Å². The number of piperazine rings is 1. The van der Waals surface area contributed by atoms with Gasteiger partial charge in [-0.1, -0.05) is 30.0 Å². The highest BCUT2D eigenvalue weighted by molar-refractivity contribution is 7.99. The summed E-state index contributed by atoms with van der Waals surface area (Å²) in [6.07, 6.45) is 2.69. The number of rotatable bonds is 7. The van der Waals surface area contributed by atoms with E-state index in [9.17, 15) is 0 Å². The van der Waals surface area contributed by atoms with Crippen molar-refractivity contribution in [2.45, 2.75) is 16.2 Å². The van der Waals surface area contributed by atoms with Crippen LogP contribution in [0.4, 0.5) is 11.4 Å². The summed E-state index contributed by atoms with van der Waals surface area (Å²) in [6, 6.07) is 18.5. The second kappa shape index (κ2) is 10.7. The highest BCUT2D eigenvalue weighted by Gasteiger charge is 2.24. The molecule has 7 heteroatoms. The molecule has 2 heterocycles. The fourth-order valence-corrected chi connectivity index (χ4v) is 5.34. The zero-order valence-electron chi connectivity index (χ0n) is 18.1. The maximum Gasteiger partial charge on any atom is 0.130 e. The predicted octanol–water partition coefficient (Wildman–Crippen LogP) is 3.72. The quantitative estimate of drug-likeness (QED) is 0.651. The Morgan fingerprint density at radius 1 is 0.906 bits per heavy atom. The number of allylic oxidation sites excluding steroid dienone is 1. The third-order valence-electron chi connectivity index (χ3n) is 5.94. The summed E-state index contributed by atoms with van der Waals surface area (Å²) >= 11 is 1.76. The van der Waals surface area contributed by atoms with E-state index in [2.05, 4.69) is 51.1 Å². The lowest BCUT2D eigenvalue weighted by atomic mass is 10.1. The van der Waals surface area contributed by atoms with Gasteiger partial charge in [0.05, 0.1) is 18.0 Å². The molecule has 1 fully saturated rings. The zero-order valence-corrected chi connectivity index (χ0v) is 18.9. The minimum Gasteiger partial charge on any atom is -0.395 e. The number of hydrogen-bond acceptors (Lipinski definition) is 7. The molecule has 2 aliphatic rings. The Kier molecular flexibility index (Phi) is 7.47. The second-order valence-electron chi connectivity index (χ2n) is 7.99. The first kappa shape index (κ1) is 22.4. The Hall–Kier alpha value is -2.81. The van der Waals surface area contributed by atoms with Crippen LogP contribution in [0.1, 0.15) is 12.0 Å². The largest absolute Gasteiger partial charge is 0.395 e. The Morgan fingerprint density at radius 3 is 2.31 bits per heavy atom. The molecule has 2 aromatic carbocycles. The van der Waals surface area contributed by atoms with Crippen LogP contribution in [0.2, 0.25) is 0 Å². The van der Waals surface area contributed by atoms with Crippen molar-refractivity contribution in [3.63, 3.8) is 0 Å². The predicted molar refractivity (Wildman–Crippen MR) is 128 cm³/mol. The summed E-state index contributed by atoms with van der Waals surface area (Å²) in [5, 5.41) is 27.4. The van der Waals surface area contributed by atoms with E-state index in [1.165, 1.54) is 15.5 Å². The molecular weight excluding hydrogens is 418 g/mol. The van der Waals surface area contributed by atoms with E-state index in [0.717, 1.165) is 63.5 Å². The number of benzene rings is 2. The van der Waals surface area contributed by atoms with Crippen molar-refractivity contribution in [1.29, 1.82) is 10.5 Å². The van der Waals surface area contributed by atoms with E-state index in [4.69, 9.17) is 15.6 Å². The van der Waals surface area contributed by atoms with E-state index in [1.54, 1.807) is 17.8 Å². The Balaban J connectivity index is 1.50. The van der Waals surface area contributed by atoms with Gasteiger partial charge in [-0.3, -0.25) is 4.90 Å². The van der Waals surface area contributed by atoms with Crippen LogP contribution in [0.15, 0.2) is 57.8 Å². The molecule has 0 radical (unpaired) electrons. The van der Waals surface area contributed by atoms with Crippen molar-refractivity contribution in [1.82, 2.24) is 9.80 Å². The summed E-state index contributed by atoms with van der Waals surface area (Å²) in [7, 11) is 0. The monoisotopic (exact) mass is 445 g/mol. The minimum atomic E-state index is 0.112. The maximum atomic E-state index is 9.13. The number of nitrogens with zero attached hydrogens (tertiary/aromatic N) is 5. The number of β-amino-alcohol motifs (C(OH)–C–C–N with tert-alkyl or cyclic N) is 1. The van der Waals surface area contributed by atoms with Gasteiger partial charge in [-0.05, 0) is 48.9 Å². The number of aliphatic hydroxyl groups excluding tert-OH is 1. The smallest absolute Gasteiger partial charge is 0.130 e. The van der Waals surface area contributed by atoms with Crippen molar-refractivity contribution in [3.8, 4) is 12.1 Å². The highest BCUT2D eigenvalue weighted by atomic mass is 32.2. The molecule has 4 rings (SSSR count). The SMILES string of the molecule is N#CC(C#N)=Cc1ccc2c(c1)N(CCCN1CCN(CCO)CC1)c1ccccc1S2. The van der Waals surface area contributed by atoms with Gasteiger partial charge in [0.1, 0.15) is 17.7 Å². The van der Waals surface area contributed by atoms with E-state index >= 15 is 0 Å². The first-order valence-electron chi connectivity index (χ1n) is 11.0. The van der Waals surface area contributed by atoms with Crippen LogP contribution in [-0.2, 0) is 0 Å². The lowest BCUT2D eigenvalue weighted by Gasteiger charge is -2.36. The number of anilines is 2. The fraction of sp³-hybridized carbons (Fsp3) is 0.360. The summed E-state index contributed by atoms with van der Waals surface area (Å²) in [5.74, 6) is 0. The van der Waals surface area contributed by atoms with Crippen LogP contribution in [-0.4, -0.2) is 67.3 Å². The molecule has 164 valence electrons. The number of hydrogen-bond donors (Lipinski definition) is 1. The van der Waals surface area contributed by atoms with E-state index in [0.29, 0.717) is 0 Å². The first-order valence-corrected chi connectivity index (χ1v) is 11.8. The summed E-state index contributed by atoms with van der Waals surface area (Å²) < 4.78 is 0. The number of para-hydroxylation sites is 1. The molecule has 0 amide bonds. The van der Waals surface area contributed by atoms with Gasteiger partial charge < -0.3 is 14.9 Å². The summed E-state index contributed by atoms with van der Waals surface area (Å²) in [5.41, 5.74) is 3.32. The Morgan fingerprint density at radius 2 is 1.59 bits per heavy atom. The number of nitriles is 2. The maximum absolute atomic E-state index is 9.13. The Bertz CT molecular complexity index is 1050. The van der Waals surface area contributed by atoms with Crippen molar-refractivity contribution < 1.29 is 5.11 Å². The molecule has 2 aliphatic heterocycles. The van der Waals surface area contributed by atoms with Crippen LogP contribution in [0.3, 0.4) is 0 Å². The van der Waals surface area contributed by atoms with E-state index < -0.39 is 0 Å². The van der Waals surface area contributed by atoms with Crippen molar-refractivity contribution >= 4 is 29.2 Å². The van der Waals surface area contributed by atoms with Gasteiger partial charge >= 0.3 is 0 Å². The molecule has 1 saturated heterocycles. The van der Waals surface area contributed by atoms with Gasteiger partial charge in [-0.15, -0.1) is 0 Å². The molecular formula is C25H27N5OS. The lowest BCUT2D eigenvalue weighted by Crippen LogP contribution is -2.47. The minimum absolute atomic E-state index is 0.112. The molecule has 0 spiro atoms. The summed E-state index contributed by atoms with van der Waals surface area (Å²) in [4.78, 5) is 9.63. The third kappa shape index (κ3) is 5.15. The normalized spacial score (nSPS) is 15.9. The van der Waals surface area contributed by atoms with Crippen molar-refractivity contribution in [3.05, 3.63) is 53.6 Å². The van der Waals surface area contributed by atoms with Crippen LogP contribution < -0.4 is 4.90 Å². The molecule has 0 aromatic heterocycles. The molecule has 0 bridgehead atoms. The average Bonchev–Trinajstić information content (AvgIpc) is 2.83. The molecule has 0 atom stereocenters. The lowest BCUT2D eigenvalue weighted by molar-refractivity contribution is 0.112. The second-order valence-corrected chi connectivity index (χ2v) is 9.07. The first-order chi connectivity index (χ1) is 15.7. The van der Waals surface area contributed by atoms with Crippen molar-refractivity contribution in [2.75, 3.05) is 57.3 Å². The molecule has 1 N–H and O–H groups in total. The molecule has 6 nitrogen and oxygen atoms in total. The van der Waals surface area contributed by atoms with E-state index in [1.807, 2.05) is 18.2 Å². The topological polar surface area (TPSA) is 77.5 Å². The molecule has 0 saturated carbocycles. The molecule has 2 aromatic rings. The van der Waals surface area contributed by atoms with Gasteiger partial charge in [-0.25, -0.2) is 0 Å². The van der Waals surface area contributed by atoms with Crippen LogP contribution in [0.25, 0.3) is 6.08 Å².